The van der Waals surface area contributed by atoms with Gasteiger partial charge < -0.3 is 9.84 Å². The molecule has 0 aromatic heterocycles. The van der Waals surface area contributed by atoms with Crippen LogP contribution in [0.1, 0.15) is 26.7 Å². The predicted molar refractivity (Wildman–Crippen MR) is 56.2 cm³/mol. The van der Waals surface area contributed by atoms with Gasteiger partial charge in [-0.1, -0.05) is 13.5 Å². The number of hydrogen-bond acceptors (Lipinski definition) is 3. The van der Waals surface area contributed by atoms with Crippen molar-refractivity contribution >= 4 is 5.97 Å². The van der Waals surface area contributed by atoms with Crippen LogP contribution in [0.2, 0.25) is 0 Å². The van der Waals surface area contributed by atoms with Crippen molar-refractivity contribution in [2.75, 3.05) is 6.61 Å². The van der Waals surface area contributed by atoms with Gasteiger partial charge in [0.1, 0.15) is 0 Å². The summed E-state index contributed by atoms with van der Waals surface area (Å²) >= 11 is 0. The van der Waals surface area contributed by atoms with Gasteiger partial charge in [-0.3, -0.25) is 0 Å². The molecule has 0 aliphatic rings. The molecule has 2 unspecified atom stereocenters. The molecule has 3 nitrogen and oxygen atoms in total. The third kappa shape index (κ3) is 8.74. The summed E-state index contributed by atoms with van der Waals surface area (Å²) in [4.78, 5) is 11.0. The Labute approximate surface area is 98.3 Å². The van der Waals surface area contributed by atoms with Gasteiger partial charge in [0, 0.05) is 5.57 Å². The minimum Gasteiger partial charge on any atom is -0.462 e. The average Bonchev–Trinajstić information content (AvgIpc) is 2.10. The average molecular weight is 254 g/mol. The normalized spacial score (nSPS) is 15.2. The highest BCUT2D eigenvalue weighted by molar-refractivity contribution is 5.86. The van der Waals surface area contributed by atoms with Gasteiger partial charge in [-0.25, -0.2) is 4.79 Å². The molecule has 0 heterocycles. The van der Waals surface area contributed by atoms with Crippen LogP contribution in [0.25, 0.3) is 0 Å². The van der Waals surface area contributed by atoms with Crippen LogP contribution in [0.4, 0.5) is 13.2 Å². The Morgan fingerprint density at radius 2 is 2.00 bits per heavy atom. The van der Waals surface area contributed by atoms with E-state index < -0.39 is 24.7 Å². The Balaban J connectivity index is 3.90. The second-order valence-electron chi connectivity index (χ2n) is 4.19. The SMILES string of the molecule is C=C(C)C(=O)OCC(C)CC(O)CC(F)(F)F. The molecule has 0 aromatic carbocycles. The van der Waals surface area contributed by atoms with Gasteiger partial charge in [0.15, 0.2) is 0 Å². The van der Waals surface area contributed by atoms with Crippen LogP contribution in [0.3, 0.4) is 0 Å². The molecule has 0 aliphatic heterocycles. The van der Waals surface area contributed by atoms with E-state index in [0.717, 1.165) is 0 Å². The number of ether oxygens (including phenoxy) is 1. The summed E-state index contributed by atoms with van der Waals surface area (Å²) in [7, 11) is 0. The molecule has 0 rings (SSSR count). The second kappa shape index (κ2) is 6.64. The minimum atomic E-state index is -4.38. The molecule has 0 saturated heterocycles. The van der Waals surface area contributed by atoms with E-state index in [0.29, 0.717) is 0 Å². The monoisotopic (exact) mass is 254 g/mol. The van der Waals surface area contributed by atoms with Crippen molar-refractivity contribution in [3.63, 3.8) is 0 Å². The molecule has 17 heavy (non-hydrogen) atoms. The van der Waals surface area contributed by atoms with E-state index >= 15 is 0 Å². The smallest absolute Gasteiger partial charge is 0.391 e. The number of rotatable bonds is 6. The third-order valence-electron chi connectivity index (χ3n) is 1.99. The molecule has 0 radical (unpaired) electrons. The van der Waals surface area contributed by atoms with Gasteiger partial charge in [0.05, 0.1) is 19.1 Å². The first-order valence-corrected chi connectivity index (χ1v) is 5.19. The van der Waals surface area contributed by atoms with Gasteiger partial charge in [-0.2, -0.15) is 13.2 Å². The highest BCUT2D eigenvalue weighted by Crippen LogP contribution is 2.24. The van der Waals surface area contributed by atoms with Crippen LogP contribution in [0.15, 0.2) is 12.2 Å². The van der Waals surface area contributed by atoms with Crippen LogP contribution in [-0.2, 0) is 9.53 Å². The van der Waals surface area contributed by atoms with Crippen LogP contribution in [0.5, 0.6) is 0 Å². The second-order valence-corrected chi connectivity index (χ2v) is 4.19. The summed E-state index contributed by atoms with van der Waals surface area (Å²) in [5.74, 6) is -0.919. The summed E-state index contributed by atoms with van der Waals surface area (Å²) in [6, 6.07) is 0. The highest BCUT2D eigenvalue weighted by atomic mass is 19.4. The first kappa shape index (κ1) is 16.0. The number of hydrogen-bond donors (Lipinski definition) is 1. The number of esters is 1. The lowest BCUT2D eigenvalue weighted by atomic mass is 10.0. The van der Waals surface area contributed by atoms with Gasteiger partial charge in [-0.05, 0) is 19.3 Å². The number of carbonyl (C=O) groups is 1. The molecule has 2 atom stereocenters. The van der Waals surface area contributed by atoms with E-state index in [4.69, 9.17) is 9.84 Å². The summed E-state index contributed by atoms with van der Waals surface area (Å²) in [5.41, 5.74) is 0.230. The number of aliphatic hydroxyl groups is 1. The number of aliphatic hydroxyl groups excluding tert-OH is 1. The van der Waals surface area contributed by atoms with Crippen molar-refractivity contribution in [2.24, 2.45) is 5.92 Å². The molecular formula is C11H17F3O3. The Bertz CT molecular complexity index is 274. The van der Waals surface area contributed by atoms with Crippen LogP contribution in [-0.4, -0.2) is 30.0 Å². The standard InChI is InChI=1S/C11H17F3O3/c1-7(2)10(16)17-6-8(3)4-9(15)5-11(12,13)14/h8-9,15H,1,4-6H2,2-3H3. The van der Waals surface area contributed by atoms with Crippen molar-refractivity contribution in [1.29, 1.82) is 0 Å². The zero-order chi connectivity index (χ0) is 13.6. The first-order chi connectivity index (χ1) is 7.61. The van der Waals surface area contributed by atoms with Crippen molar-refractivity contribution in [1.82, 2.24) is 0 Å². The van der Waals surface area contributed by atoms with Gasteiger partial charge >= 0.3 is 12.1 Å². The van der Waals surface area contributed by atoms with Crippen molar-refractivity contribution in [3.8, 4) is 0 Å². The highest BCUT2D eigenvalue weighted by Gasteiger charge is 2.31. The molecule has 6 heteroatoms. The fourth-order valence-corrected chi connectivity index (χ4v) is 1.22. The van der Waals surface area contributed by atoms with E-state index in [9.17, 15) is 18.0 Å². The Morgan fingerprint density at radius 3 is 2.41 bits per heavy atom. The summed E-state index contributed by atoms with van der Waals surface area (Å²) in [5, 5.41) is 9.15. The first-order valence-electron chi connectivity index (χ1n) is 5.19. The maximum Gasteiger partial charge on any atom is 0.391 e. The Kier molecular flexibility index (Phi) is 6.23. The van der Waals surface area contributed by atoms with Crippen LogP contribution < -0.4 is 0 Å². The zero-order valence-electron chi connectivity index (χ0n) is 9.88. The molecule has 0 aromatic rings. The quantitative estimate of drug-likeness (QED) is 0.585. The van der Waals surface area contributed by atoms with E-state index in [2.05, 4.69) is 6.58 Å². The van der Waals surface area contributed by atoms with E-state index in [1.165, 1.54) is 6.92 Å². The molecule has 0 saturated carbocycles. The zero-order valence-corrected chi connectivity index (χ0v) is 9.88. The topological polar surface area (TPSA) is 46.5 Å². The van der Waals surface area contributed by atoms with Gasteiger partial charge in [0.25, 0.3) is 0 Å². The molecule has 0 bridgehead atoms. The summed E-state index contributed by atoms with van der Waals surface area (Å²) in [6.07, 6.45) is -7.16. The lowest BCUT2D eigenvalue weighted by Gasteiger charge is -2.17. The van der Waals surface area contributed by atoms with Crippen LogP contribution in [0, 0.1) is 5.92 Å². The summed E-state index contributed by atoms with van der Waals surface area (Å²) < 4.78 is 40.5. The fraction of sp³-hybridized carbons (Fsp3) is 0.727. The van der Waals surface area contributed by atoms with Crippen LogP contribution >= 0.6 is 0 Å². The number of carbonyl (C=O) groups excluding carboxylic acids is 1. The molecule has 0 aliphatic carbocycles. The van der Waals surface area contributed by atoms with E-state index in [1.54, 1.807) is 6.92 Å². The molecule has 0 amide bonds. The van der Waals surface area contributed by atoms with Gasteiger partial charge in [-0.15, -0.1) is 0 Å². The maximum atomic E-state index is 11.9. The molecular weight excluding hydrogens is 237 g/mol. The largest absolute Gasteiger partial charge is 0.462 e. The number of alkyl halides is 3. The van der Waals surface area contributed by atoms with Crippen molar-refractivity contribution in [3.05, 3.63) is 12.2 Å². The molecule has 100 valence electrons. The fourth-order valence-electron chi connectivity index (χ4n) is 1.22. The Morgan fingerprint density at radius 1 is 1.47 bits per heavy atom. The van der Waals surface area contributed by atoms with E-state index in [1.807, 2.05) is 0 Å². The molecule has 0 fully saturated rings. The predicted octanol–water partition coefficient (Wildman–Crippen LogP) is 2.45. The lowest BCUT2D eigenvalue weighted by molar-refractivity contribution is -0.156. The maximum absolute atomic E-state index is 11.9. The Hall–Kier alpha value is -1.04. The lowest BCUT2D eigenvalue weighted by Crippen LogP contribution is -2.23. The molecule has 0 spiro atoms. The van der Waals surface area contributed by atoms with Crippen molar-refractivity contribution in [2.45, 2.75) is 39.0 Å². The summed E-state index contributed by atoms with van der Waals surface area (Å²) in [6.45, 7) is 6.42. The number of halogens is 3. The van der Waals surface area contributed by atoms with Crippen molar-refractivity contribution < 1.29 is 27.8 Å². The van der Waals surface area contributed by atoms with Gasteiger partial charge in [0.2, 0.25) is 0 Å². The molecule has 1 N–H and O–H groups in total. The minimum absolute atomic E-state index is 0.0272. The third-order valence-corrected chi connectivity index (χ3v) is 1.99. The van der Waals surface area contributed by atoms with E-state index in [-0.39, 0.29) is 24.5 Å².